The molecule has 2 heteroatoms. The second-order valence-electron chi connectivity index (χ2n) is 6.61. The van der Waals surface area contributed by atoms with Crippen molar-refractivity contribution in [3.8, 4) is 0 Å². The lowest BCUT2D eigenvalue weighted by Gasteiger charge is -2.13. The first kappa shape index (κ1) is 18.0. The Morgan fingerprint density at radius 3 is 2.12 bits per heavy atom. The van der Waals surface area contributed by atoms with Crippen molar-refractivity contribution < 1.29 is 9.53 Å². The molecule has 0 radical (unpaired) electrons. The zero-order valence-corrected chi connectivity index (χ0v) is 14.8. The van der Waals surface area contributed by atoms with Crippen molar-refractivity contribution in [3.05, 3.63) is 77.4 Å². The number of hydrogen-bond donors (Lipinski definition) is 0. The topological polar surface area (TPSA) is 26.3 Å². The molecular weight excluding hydrogens is 296 g/mol. The summed E-state index contributed by atoms with van der Waals surface area (Å²) in [6.45, 7) is 10.3. The number of rotatable bonds is 7. The van der Waals surface area contributed by atoms with Crippen LogP contribution in [0.25, 0.3) is 6.08 Å². The maximum atomic E-state index is 12.3. The molecule has 0 bridgehead atoms. The van der Waals surface area contributed by atoms with Crippen molar-refractivity contribution in [2.24, 2.45) is 5.92 Å². The fourth-order valence-electron chi connectivity index (χ4n) is 2.58. The van der Waals surface area contributed by atoms with Crippen LogP contribution in [0.2, 0.25) is 0 Å². The molecule has 24 heavy (non-hydrogen) atoms. The lowest BCUT2D eigenvalue weighted by Crippen LogP contribution is -2.13. The zero-order chi connectivity index (χ0) is 17.5. The molecule has 2 aromatic carbocycles. The summed E-state index contributed by atoms with van der Waals surface area (Å²) in [7, 11) is 0. The molecule has 1 unspecified atom stereocenters. The van der Waals surface area contributed by atoms with E-state index in [1.165, 1.54) is 5.56 Å². The number of carbonyl (C=O) groups is 1. The standard InChI is InChI=1S/C22H26O2/c1-5-18-6-8-20(9-7-18)15-24-22(23)17(4)21-12-10-19(11-13-21)14-16(2)3/h5-13,16-17H,1,14-15H2,2-4H3. The minimum atomic E-state index is -0.259. The third-order valence-corrected chi connectivity index (χ3v) is 4.07. The highest BCUT2D eigenvalue weighted by Gasteiger charge is 2.16. The van der Waals surface area contributed by atoms with Gasteiger partial charge in [0.2, 0.25) is 0 Å². The Bertz CT molecular complexity index is 666. The quantitative estimate of drug-likeness (QED) is 0.640. The van der Waals surface area contributed by atoms with Crippen LogP contribution in [0, 0.1) is 5.92 Å². The average molecular weight is 322 g/mol. The van der Waals surface area contributed by atoms with Gasteiger partial charge < -0.3 is 4.74 Å². The molecule has 2 rings (SSSR count). The Balaban J connectivity index is 1.92. The molecule has 0 saturated carbocycles. The lowest BCUT2D eigenvalue weighted by atomic mass is 9.97. The minimum Gasteiger partial charge on any atom is -0.460 e. The minimum absolute atomic E-state index is 0.195. The van der Waals surface area contributed by atoms with E-state index in [-0.39, 0.29) is 11.9 Å². The van der Waals surface area contributed by atoms with Gasteiger partial charge in [0.1, 0.15) is 6.61 Å². The van der Waals surface area contributed by atoms with Crippen LogP contribution in [0.15, 0.2) is 55.1 Å². The van der Waals surface area contributed by atoms with Gasteiger partial charge in [0.05, 0.1) is 5.92 Å². The normalized spacial score (nSPS) is 12.0. The van der Waals surface area contributed by atoms with Crippen LogP contribution in [0.3, 0.4) is 0 Å². The Hall–Kier alpha value is -2.35. The van der Waals surface area contributed by atoms with Gasteiger partial charge in [-0.15, -0.1) is 0 Å². The molecule has 0 aliphatic rings. The van der Waals surface area contributed by atoms with E-state index in [9.17, 15) is 4.79 Å². The highest BCUT2D eigenvalue weighted by molar-refractivity contribution is 5.77. The van der Waals surface area contributed by atoms with E-state index >= 15 is 0 Å². The van der Waals surface area contributed by atoms with Crippen LogP contribution in [-0.2, 0) is 22.6 Å². The van der Waals surface area contributed by atoms with Gasteiger partial charge in [0, 0.05) is 0 Å². The van der Waals surface area contributed by atoms with Gasteiger partial charge in [0.25, 0.3) is 0 Å². The van der Waals surface area contributed by atoms with Gasteiger partial charge in [-0.1, -0.05) is 75.0 Å². The Labute approximate surface area is 145 Å². The summed E-state index contributed by atoms with van der Waals surface area (Å²) in [5, 5.41) is 0. The van der Waals surface area contributed by atoms with Crippen molar-refractivity contribution >= 4 is 12.0 Å². The van der Waals surface area contributed by atoms with E-state index in [1.54, 1.807) is 6.08 Å². The molecule has 0 aliphatic carbocycles. The summed E-state index contributed by atoms with van der Waals surface area (Å²) >= 11 is 0. The smallest absolute Gasteiger partial charge is 0.313 e. The molecule has 0 heterocycles. The second-order valence-corrected chi connectivity index (χ2v) is 6.61. The number of hydrogen-bond acceptors (Lipinski definition) is 2. The predicted octanol–water partition coefficient (Wildman–Crippen LogP) is 5.38. The summed E-state index contributed by atoms with van der Waals surface area (Å²) in [6, 6.07) is 16.1. The number of ether oxygens (including phenoxy) is 1. The molecule has 0 saturated heterocycles. The van der Waals surface area contributed by atoms with Crippen LogP contribution >= 0.6 is 0 Å². The Morgan fingerprint density at radius 1 is 1.00 bits per heavy atom. The summed E-state index contributed by atoms with van der Waals surface area (Å²) in [4.78, 5) is 12.3. The fraction of sp³-hybridized carbons (Fsp3) is 0.318. The summed E-state index contributed by atoms with van der Waals surface area (Å²) in [5.41, 5.74) is 4.33. The fourth-order valence-corrected chi connectivity index (χ4v) is 2.58. The van der Waals surface area contributed by atoms with Crippen LogP contribution in [0.5, 0.6) is 0 Å². The van der Waals surface area contributed by atoms with Crippen LogP contribution < -0.4 is 0 Å². The first-order valence-electron chi connectivity index (χ1n) is 8.46. The SMILES string of the molecule is C=Cc1ccc(COC(=O)C(C)c2ccc(CC(C)C)cc2)cc1. The third kappa shape index (κ3) is 5.09. The molecule has 0 aliphatic heterocycles. The van der Waals surface area contributed by atoms with Crippen molar-refractivity contribution in [1.82, 2.24) is 0 Å². The number of benzene rings is 2. The van der Waals surface area contributed by atoms with Gasteiger partial charge in [0.15, 0.2) is 0 Å². The molecule has 0 N–H and O–H groups in total. The molecule has 0 fully saturated rings. The first-order valence-corrected chi connectivity index (χ1v) is 8.46. The molecule has 126 valence electrons. The molecule has 2 aromatic rings. The molecule has 0 spiro atoms. The van der Waals surface area contributed by atoms with Crippen molar-refractivity contribution in [2.75, 3.05) is 0 Å². The van der Waals surface area contributed by atoms with Gasteiger partial charge in [-0.25, -0.2) is 0 Å². The van der Waals surface area contributed by atoms with Gasteiger partial charge in [-0.05, 0) is 41.5 Å². The van der Waals surface area contributed by atoms with E-state index in [2.05, 4.69) is 32.6 Å². The van der Waals surface area contributed by atoms with E-state index in [0.29, 0.717) is 12.5 Å². The predicted molar refractivity (Wildman–Crippen MR) is 99.7 cm³/mol. The molecule has 2 nitrogen and oxygen atoms in total. The first-order chi connectivity index (χ1) is 11.5. The maximum absolute atomic E-state index is 12.3. The van der Waals surface area contributed by atoms with Crippen molar-refractivity contribution in [2.45, 2.75) is 39.7 Å². The highest BCUT2D eigenvalue weighted by Crippen LogP contribution is 2.19. The van der Waals surface area contributed by atoms with Crippen LogP contribution in [0.4, 0.5) is 0 Å². The average Bonchev–Trinajstić information content (AvgIpc) is 2.59. The monoisotopic (exact) mass is 322 g/mol. The Kier molecular flexibility index (Phi) is 6.36. The second kappa shape index (κ2) is 8.49. The van der Waals surface area contributed by atoms with Crippen molar-refractivity contribution in [1.29, 1.82) is 0 Å². The Morgan fingerprint density at radius 2 is 1.58 bits per heavy atom. The van der Waals surface area contributed by atoms with Crippen LogP contribution in [-0.4, -0.2) is 5.97 Å². The summed E-state index contributed by atoms with van der Waals surface area (Å²) in [6.07, 6.45) is 2.85. The largest absolute Gasteiger partial charge is 0.460 e. The van der Waals surface area contributed by atoms with E-state index in [0.717, 1.165) is 23.1 Å². The number of carbonyl (C=O) groups excluding carboxylic acids is 1. The molecule has 0 aromatic heterocycles. The van der Waals surface area contributed by atoms with Crippen LogP contribution in [0.1, 0.15) is 48.9 Å². The van der Waals surface area contributed by atoms with E-state index in [1.807, 2.05) is 43.3 Å². The van der Waals surface area contributed by atoms with Crippen molar-refractivity contribution in [3.63, 3.8) is 0 Å². The molecular formula is C22H26O2. The van der Waals surface area contributed by atoms with Gasteiger partial charge >= 0.3 is 5.97 Å². The number of esters is 1. The molecule has 1 atom stereocenters. The summed E-state index contributed by atoms with van der Waals surface area (Å²) < 4.78 is 5.45. The zero-order valence-electron chi connectivity index (χ0n) is 14.8. The lowest BCUT2D eigenvalue weighted by molar-refractivity contribution is -0.146. The van der Waals surface area contributed by atoms with Gasteiger partial charge in [-0.2, -0.15) is 0 Å². The third-order valence-electron chi connectivity index (χ3n) is 4.07. The maximum Gasteiger partial charge on any atom is 0.313 e. The summed E-state index contributed by atoms with van der Waals surface area (Å²) in [5.74, 6) is 0.177. The van der Waals surface area contributed by atoms with Gasteiger partial charge in [-0.3, -0.25) is 4.79 Å². The molecule has 0 amide bonds. The van der Waals surface area contributed by atoms with E-state index in [4.69, 9.17) is 4.74 Å². The highest BCUT2D eigenvalue weighted by atomic mass is 16.5. The van der Waals surface area contributed by atoms with E-state index < -0.39 is 0 Å².